The second kappa shape index (κ2) is 7.81. The van der Waals surface area contributed by atoms with Crippen molar-refractivity contribution in [2.45, 2.75) is 51.8 Å². The van der Waals surface area contributed by atoms with Crippen LogP contribution < -0.4 is 5.32 Å². The van der Waals surface area contributed by atoms with Crippen LogP contribution in [0, 0.1) is 5.92 Å². The van der Waals surface area contributed by atoms with Gasteiger partial charge in [-0.2, -0.15) is 0 Å². The first kappa shape index (κ1) is 17.2. The molecule has 6 nitrogen and oxygen atoms in total. The summed E-state index contributed by atoms with van der Waals surface area (Å²) < 4.78 is 5.58. The monoisotopic (exact) mass is 288 g/mol. The van der Waals surface area contributed by atoms with Crippen LogP contribution in [0.1, 0.15) is 40.0 Å². The molecule has 2 aliphatic heterocycles. The molecule has 0 aromatic heterocycles. The first-order chi connectivity index (χ1) is 9.39. The van der Waals surface area contributed by atoms with Gasteiger partial charge < -0.3 is 19.8 Å². The lowest BCUT2D eigenvalue weighted by Gasteiger charge is -2.38. The summed E-state index contributed by atoms with van der Waals surface area (Å²) in [6.07, 6.45) is 2.49. The second-order valence-corrected chi connectivity index (χ2v) is 5.95. The Balaban J connectivity index is 0.000000286. The Morgan fingerprint density at radius 1 is 1.40 bits per heavy atom. The SMILES string of the molecule is CC1(C)N[C@H]2CN(C(=O)O)C[C@H]2CO1.CCCCCO. The number of hydrogen-bond donors (Lipinski definition) is 3. The average molecular weight is 288 g/mol. The van der Waals surface area contributed by atoms with Gasteiger partial charge in [-0.25, -0.2) is 4.79 Å². The smallest absolute Gasteiger partial charge is 0.407 e. The molecule has 0 bridgehead atoms. The molecule has 6 heteroatoms. The first-order valence-corrected chi connectivity index (χ1v) is 7.40. The topological polar surface area (TPSA) is 82.0 Å². The first-order valence-electron chi connectivity index (χ1n) is 7.40. The highest BCUT2D eigenvalue weighted by molar-refractivity contribution is 5.65. The molecular weight excluding hydrogens is 260 g/mol. The Kier molecular flexibility index (Phi) is 6.71. The third-order valence-corrected chi connectivity index (χ3v) is 3.66. The number of carbonyl (C=O) groups is 1. The summed E-state index contributed by atoms with van der Waals surface area (Å²) in [7, 11) is 0. The van der Waals surface area contributed by atoms with Crippen molar-refractivity contribution in [1.82, 2.24) is 10.2 Å². The fourth-order valence-corrected chi connectivity index (χ4v) is 2.53. The third kappa shape index (κ3) is 5.26. The van der Waals surface area contributed by atoms with Gasteiger partial charge in [0.1, 0.15) is 5.72 Å². The molecule has 1 amide bonds. The molecule has 0 unspecified atom stereocenters. The molecule has 20 heavy (non-hydrogen) atoms. The van der Waals surface area contributed by atoms with Gasteiger partial charge >= 0.3 is 6.09 Å². The Morgan fingerprint density at radius 2 is 2.10 bits per heavy atom. The predicted molar refractivity (Wildman–Crippen MR) is 76.7 cm³/mol. The number of fused-ring (bicyclic) bond motifs is 1. The van der Waals surface area contributed by atoms with Crippen LogP contribution in [-0.2, 0) is 4.74 Å². The van der Waals surface area contributed by atoms with Crippen molar-refractivity contribution in [3.8, 4) is 0 Å². The summed E-state index contributed by atoms with van der Waals surface area (Å²) in [6.45, 7) is 8.22. The molecule has 0 saturated carbocycles. The zero-order chi connectivity index (χ0) is 15.2. The summed E-state index contributed by atoms with van der Waals surface area (Å²) in [4.78, 5) is 12.2. The Hall–Kier alpha value is -0.850. The van der Waals surface area contributed by atoms with E-state index in [9.17, 15) is 4.79 Å². The lowest BCUT2D eigenvalue weighted by molar-refractivity contribution is -0.101. The van der Waals surface area contributed by atoms with Crippen molar-refractivity contribution < 1.29 is 19.7 Å². The molecule has 0 aromatic carbocycles. The zero-order valence-corrected chi connectivity index (χ0v) is 12.8. The van der Waals surface area contributed by atoms with E-state index < -0.39 is 6.09 Å². The molecule has 2 heterocycles. The van der Waals surface area contributed by atoms with E-state index in [1.807, 2.05) is 13.8 Å². The van der Waals surface area contributed by atoms with E-state index in [0.717, 1.165) is 12.8 Å². The highest BCUT2D eigenvalue weighted by atomic mass is 16.5. The van der Waals surface area contributed by atoms with Gasteiger partial charge in [0, 0.05) is 31.7 Å². The number of aliphatic hydroxyl groups is 1. The largest absolute Gasteiger partial charge is 0.465 e. The van der Waals surface area contributed by atoms with E-state index >= 15 is 0 Å². The number of hydrogen-bond acceptors (Lipinski definition) is 4. The van der Waals surface area contributed by atoms with Crippen LogP contribution in [0.15, 0.2) is 0 Å². The van der Waals surface area contributed by atoms with Crippen molar-refractivity contribution in [2.75, 3.05) is 26.3 Å². The number of aliphatic hydroxyl groups excluding tert-OH is 1. The number of ether oxygens (including phenoxy) is 1. The average Bonchev–Trinajstić information content (AvgIpc) is 2.78. The lowest BCUT2D eigenvalue weighted by atomic mass is 10.0. The fraction of sp³-hybridized carbons (Fsp3) is 0.929. The predicted octanol–water partition coefficient (Wildman–Crippen LogP) is 1.49. The van der Waals surface area contributed by atoms with E-state index in [0.29, 0.717) is 32.2 Å². The minimum Gasteiger partial charge on any atom is -0.465 e. The normalized spacial score (nSPS) is 27.5. The van der Waals surface area contributed by atoms with Crippen LogP contribution in [-0.4, -0.2) is 59.3 Å². The molecule has 0 aromatic rings. The molecule has 2 aliphatic rings. The molecule has 2 fully saturated rings. The van der Waals surface area contributed by atoms with Crippen molar-refractivity contribution in [2.24, 2.45) is 5.92 Å². The summed E-state index contributed by atoms with van der Waals surface area (Å²) in [5.41, 5.74) is -0.324. The number of rotatable bonds is 3. The fourth-order valence-electron chi connectivity index (χ4n) is 2.53. The van der Waals surface area contributed by atoms with Gasteiger partial charge in [0.2, 0.25) is 0 Å². The summed E-state index contributed by atoms with van der Waals surface area (Å²) in [6, 6.07) is 0.245. The van der Waals surface area contributed by atoms with Gasteiger partial charge in [-0.3, -0.25) is 5.32 Å². The molecule has 118 valence electrons. The number of nitrogens with one attached hydrogen (secondary N) is 1. The Labute approximate surface area is 121 Å². The van der Waals surface area contributed by atoms with Crippen LogP contribution in [0.3, 0.4) is 0 Å². The van der Waals surface area contributed by atoms with E-state index in [1.165, 1.54) is 11.3 Å². The molecule has 2 saturated heterocycles. The quantitative estimate of drug-likeness (QED) is 0.685. The summed E-state index contributed by atoms with van der Waals surface area (Å²) in [5, 5.41) is 20.4. The minimum atomic E-state index is -0.834. The molecule has 2 atom stereocenters. The maximum atomic E-state index is 10.8. The molecule has 0 aliphatic carbocycles. The van der Waals surface area contributed by atoms with E-state index in [1.54, 1.807) is 0 Å². The van der Waals surface area contributed by atoms with Crippen LogP contribution in [0.25, 0.3) is 0 Å². The molecule has 0 radical (unpaired) electrons. The summed E-state index contributed by atoms with van der Waals surface area (Å²) >= 11 is 0. The van der Waals surface area contributed by atoms with Crippen LogP contribution >= 0.6 is 0 Å². The molecular formula is C14H28N2O4. The van der Waals surface area contributed by atoms with Crippen LogP contribution in [0.5, 0.6) is 0 Å². The van der Waals surface area contributed by atoms with Crippen LogP contribution in [0.4, 0.5) is 4.79 Å². The van der Waals surface area contributed by atoms with Gasteiger partial charge in [-0.15, -0.1) is 0 Å². The standard InChI is InChI=1S/C9H16N2O3.C5H12O/c1-9(2)10-7-4-11(8(12)13)3-6(7)5-14-9;1-2-3-4-5-6/h6-7,10H,3-5H2,1-2H3,(H,12,13);6H,2-5H2,1H3/t6-,7-;/m0./s1. The maximum absolute atomic E-state index is 10.8. The van der Waals surface area contributed by atoms with Gasteiger partial charge in [0.05, 0.1) is 6.61 Å². The third-order valence-electron chi connectivity index (χ3n) is 3.66. The van der Waals surface area contributed by atoms with Crippen LogP contribution in [0.2, 0.25) is 0 Å². The van der Waals surface area contributed by atoms with Gasteiger partial charge in [0.15, 0.2) is 0 Å². The van der Waals surface area contributed by atoms with Crippen molar-refractivity contribution >= 4 is 6.09 Å². The number of carboxylic acid groups (broad SMARTS) is 1. The Morgan fingerprint density at radius 3 is 2.60 bits per heavy atom. The van der Waals surface area contributed by atoms with Gasteiger partial charge in [-0.1, -0.05) is 19.8 Å². The van der Waals surface area contributed by atoms with E-state index in [-0.39, 0.29) is 11.8 Å². The number of likely N-dealkylation sites (tertiary alicyclic amines) is 1. The highest BCUT2D eigenvalue weighted by Crippen LogP contribution is 2.25. The van der Waals surface area contributed by atoms with E-state index in [2.05, 4.69) is 12.2 Å². The van der Waals surface area contributed by atoms with E-state index in [4.69, 9.17) is 14.9 Å². The van der Waals surface area contributed by atoms with Gasteiger partial charge in [-0.05, 0) is 20.3 Å². The van der Waals surface area contributed by atoms with Gasteiger partial charge in [0.25, 0.3) is 0 Å². The van der Waals surface area contributed by atoms with Crippen molar-refractivity contribution in [3.05, 3.63) is 0 Å². The summed E-state index contributed by atoms with van der Waals surface area (Å²) in [5.74, 6) is 0.305. The second-order valence-electron chi connectivity index (χ2n) is 5.95. The number of nitrogens with zero attached hydrogens (tertiary/aromatic N) is 1. The number of amides is 1. The lowest BCUT2D eigenvalue weighted by Crippen LogP contribution is -2.56. The molecule has 3 N–H and O–H groups in total. The maximum Gasteiger partial charge on any atom is 0.407 e. The minimum absolute atomic E-state index is 0.245. The molecule has 0 spiro atoms. The van der Waals surface area contributed by atoms with Crippen molar-refractivity contribution in [1.29, 1.82) is 0 Å². The molecule has 2 rings (SSSR count). The highest BCUT2D eigenvalue weighted by Gasteiger charge is 2.42. The van der Waals surface area contributed by atoms with Crippen molar-refractivity contribution in [3.63, 3.8) is 0 Å². The zero-order valence-electron chi connectivity index (χ0n) is 12.8. The number of unbranched alkanes of at least 4 members (excludes halogenated alkanes) is 2. The Bertz CT molecular complexity index is 306.